The van der Waals surface area contributed by atoms with Crippen molar-refractivity contribution in [3.63, 3.8) is 0 Å². The highest BCUT2D eigenvalue weighted by Crippen LogP contribution is 2.20. The van der Waals surface area contributed by atoms with E-state index in [9.17, 15) is 0 Å². The van der Waals surface area contributed by atoms with E-state index in [0.29, 0.717) is 6.04 Å². The first-order valence-corrected chi connectivity index (χ1v) is 7.48. The van der Waals surface area contributed by atoms with Gasteiger partial charge in [0.05, 0.1) is 5.69 Å². The van der Waals surface area contributed by atoms with E-state index in [0.717, 1.165) is 23.6 Å². The smallest absolute Gasteiger partial charge is 0.0643 e. The van der Waals surface area contributed by atoms with Crippen molar-refractivity contribution in [1.29, 1.82) is 0 Å². The number of hydrogen-bond donors (Lipinski definition) is 1. The van der Waals surface area contributed by atoms with Crippen molar-refractivity contribution >= 4 is 11.6 Å². The van der Waals surface area contributed by atoms with Crippen LogP contribution in [0.5, 0.6) is 0 Å². The first kappa shape index (κ1) is 15.1. The first-order chi connectivity index (χ1) is 9.63. The largest absolute Gasteiger partial charge is 0.313 e. The summed E-state index contributed by atoms with van der Waals surface area (Å²) in [6.45, 7) is 4.36. The number of likely N-dealkylation sites (N-methyl/N-ethyl adjacent to an activating group) is 1. The average Bonchev–Trinajstić information content (AvgIpc) is 2.93. The monoisotopic (exact) mass is 291 g/mol. The molecular weight excluding hydrogens is 270 g/mol. The van der Waals surface area contributed by atoms with Gasteiger partial charge in [-0.3, -0.25) is 4.68 Å². The summed E-state index contributed by atoms with van der Waals surface area (Å²) in [7, 11) is 1.98. The topological polar surface area (TPSA) is 29.9 Å². The van der Waals surface area contributed by atoms with Gasteiger partial charge in [0, 0.05) is 29.7 Å². The molecule has 0 radical (unpaired) electrons. The molecule has 0 saturated carbocycles. The highest BCUT2D eigenvalue weighted by molar-refractivity contribution is 6.30. The standard InChI is InChI=1S/C16H22ClN3/c1-4-12(2)20-10-9-15(19-20)11-16(18-3)13-5-7-14(17)8-6-13/h5-10,12,16,18H,4,11H2,1-3H3. The molecule has 2 aromatic rings. The fourth-order valence-electron chi connectivity index (χ4n) is 2.21. The van der Waals surface area contributed by atoms with Crippen molar-refractivity contribution in [3.8, 4) is 0 Å². The molecule has 4 heteroatoms. The average molecular weight is 292 g/mol. The Bertz CT molecular complexity index is 533. The Balaban J connectivity index is 2.10. The third-order valence-corrected chi connectivity index (χ3v) is 3.99. The number of nitrogens with zero attached hydrogens (tertiary/aromatic N) is 2. The van der Waals surface area contributed by atoms with E-state index >= 15 is 0 Å². The minimum Gasteiger partial charge on any atom is -0.313 e. The molecule has 20 heavy (non-hydrogen) atoms. The molecule has 0 saturated heterocycles. The van der Waals surface area contributed by atoms with Gasteiger partial charge in [-0.05, 0) is 44.2 Å². The normalized spacial score (nSPS) is 14.2. The summed E-state index contributed by atoms with van der Waals surface area (Å²) in [5.41, 5.74) is 2.34. The van der Waals surface area contributed by atoms with Crippen LogP contribution in [0.4, 0.5) is 0 Å². The number of hydrogen-bond acceptors (Lipinski definition) is 2. The van der Waals surface area contributed by atoms with Gasteiger partial charge in [0.15, 0.2) is 0 Å². The second-order valence-electron chi connectivity index (χ2n) is 5.14. The predicted molar refractivity (Wildman–Crippen MR) is 84.2 cm³/mol. The Morgan fingerprint density at radius 1 is 1.25 bits per heavy atom. The fourth-order valence-corrected chi connectivity index (χ4v) is 2.34. The molecular formula is C16H22ClN3. The van der Waals surface area contributed by atoms with E-state index in [1.54, 1.807) is 0 Å². The van der Waals surface area contributed by atoms with E-state index in [1.165, 1.54) is 5.56 Å². The summed E-state index contributed by atoms with van der Waals surface area (Å²) in [5, 5.41) is 8.78. The molecule has 0 amide bonds. The van der Waals surface area contributed by atoms with Crippen LogP contribution in [0, 0.1) is 0 Å². The van der Waals surface area contributed by atoms with Gasteiger partial charge in [0.25, 0.3) is 0 Å². The minimum absolute atomic E-state index is 0.257. The maximum atomic E-state index is 5.94. The van der Waals surface area contributed by atoms with Crippen LogP contribution in [0.1, 0.15) is 43.6 Å². The van der Waals surface area contributed by atoms with Gasteiger partial charge >= 0.3 is 0 Å². The van der Waals surface area contributed by atoms with Crippen molar-refractivity contribution in [2.45, 2.75) is 38.8 Å². The molecule has 1 aromatic heterocycles. The van der Waals surface area contributed by atoms with Crippen LogP contribution in [-0.2, 0) is 6.42 Å². The van der Waals surface area contributed by atoms with E-state index in [2.05, 4.69) is 48.7 Å². The lowest BCUT2D eigenvalue weighted by Gasteiger charge is -2.15. The zero-order chi connectivity index (χ0) is 14.5. The second kappa shape index (κ2) is 6.91. The Labute approximate surface area is 126 Å². The van der Waals surface area contributed by atoms with E-state index in [1.807, 2.05) is 23.9 Å². The lowest BCUT2D eigenvalue weighted by atomic mass is 10.0. The quantitative estimate of drug-likeness (QED) is 0.871. The van der Waals surface area contributed by atoms with Crippen molar-refractivity contribution in [1.82, 2.24) is 15.1 Å². The van der Waals surface area contributed by atoms with Crippen molar-refractivity contribution in [3.05, 3.63) is 52.8 Å². The number of halogens is 1. The molecule has 3 nitrogen and oxygen atoms in total. The Hall–Kier alpha value is -1.32. The molecule has 0 aliphatic rings. The third kappa shape index (κ3) is 3.62. The van der Waals surface area contributed by atoms with Gasteiger partial charge in [0.1, 0.15) is 0 Å². The molecule has 0 bridgehead atoms. The Morgan fingerprint density at radius 2 is 1.95 bits per heavy atom. The van der Waals surface area contributed by atoms with Gasteiger partial charge in [-0.25, -0.2) is 0 Å². The number of rotatable bonds is 6. The molecule has 1 aromatic carbocycles. The maximum absolute atomic E-state index is 5.94. The van der Waals surface area contributed by atoms with Crippen molar-refractivity contribution < 1.29 is 0 Å². The Morgan fingerprint density at radius 3 is 2.55 bits per heavy atom. The molecule has 1 N–H and O–H groups in total. The van der Waals surface area contributed by atoms with Crippen molar-refractivity contribution in [2.75, 3.05) is 7.05 Å². The molecule has 2 unspecified atom stereocenters. The molecule has 2 rings (SSSR count). The molecule has 0 spiro atoms. The van der Waals surface area contributed by atoms with Gasteiger partial charge in [-0.2, -0.15) is 5.10 Å². The predicted octanol–water partition coefficient (Wildman–Crippen LogP) is 4.01. The molecule has 1 heterocycles. The van der Waals surface area contributed by atoms with Crippen LogP contribution < -0.4 is 5.32 Å². The van der Waals surface area contributed by atoms with E-state index in [-0.39, 0.29) is 6.04 Å². The SMILES string of the molecule is CCC(C)n1ccc(CC(NC)c2ccc(Cl)cc2)n1. The van der Waals surface area contributed by atoms with Gasteiger partial charge in [-0.15, -0.1) is 0 Å². The van der Waals surface area contributed by atoms with Crippen molar-refractivity contribution in [2.24, 2.45) is 0 Å². The summed E-state index contributed by atoms with van der Waals surface area (Å²) in [6.07, 6.45) is 4.04. The summed E-state index contributed by atoms with van der Waals surface area (Å²) in [6, 6.07) is 10.8. The van der Waals surface area contributed by atoms with Crippen LogP contribution in [-0.4, -0.2) is 16.8 Å². The number of benzene rings is 1. The zero-order valence-corrected chi connectivity index (χ0v) is 13.1. The summed E-state index contributed by atoms with van der Waals surface area (Å²) >= 11 is 5.94. The lowest BCUT2D eigenvalue weighted by Crippen LogP contribution is -2.19. The van der Waals surface area contributed by atoms with E-state index in [4.69, 9.17) is 11.6 Å². The zero-order valence-electron chi connectivity index (χ0n) is 12.3. The first-order valence-electron chi connectivity index (χ1n) is 7.10. The third-order valence-electron chi connectivity index (χ3n) is 3.74. The lowest BCUT2D eigenvalue weighted by molar-refractivity contribution is 0.469. The summed E-state index contributed by atoms with van der Waals surface area (Å²) in [5.74, 6) is 0. The number of aromatic nitrogens is 2. The fraction of sp³-hybridized carbons (Fsp3) is 0.438. The van der Waals surface area contributed by atoms with Crippen LogP contribution in [0.25, 0.3) is 0 Å². The van der Waals surface area contributed by atoms with Crippen LogP contribution >= 0.6 is 11.6 Å². The second-order valence-corrected chi connectivity index (χ2v) is 5.58. The van der Waals surface area contributed by atoms with Crippen LogP contribution in [0.15, 0.2) is 36.5 Å². The summed E-state index contributed by atoms with van der Waals surface area (Å²) in [4.78, 5) is 0. The highest BCUT2D eigenvalue weighted by atomic mass is 35.5. The highest BCUT2D eigenvalue weighted by Gasteiger charge is 2.13. The van der Waals surface area contributed by atoms with Gasteiger partial charge < -0.3 is 5.32 Å². The molecule has 2 atom stereocenters. The molecule has 108 valence electrons. The van der Waals surface area contributed by atoms with Crippen LogP contribution in [0.2, 0.25) is 5.02 Å². The Kier molecular flexibility index (Phi) is 5.21. The molecule has 0 aliphatic heterocycles. The van der Waals surface area contributed by atoms with Crippen LogP contribution in [0.3, 0.4) is 0 Å². The maximum Gasteiger partial charge on any atom is 0.0643 e. The van der Waals surface area contributed by atoms with E-state index < -0.39 is 0 Å². The van der Waals surface area contributed by atoms with Gasteiger partial charge in [0.2, 0.25) is 0 Å². The molecule has 0 fully saturated rings. The minimum atomic E-state index is 0.257. The van der Waals surface area contributed by atoms with Gasteiger partial charge in [-0.1, -0.05) is 30.7 Å². The summed E-state index contributed by atoms with van der Waals surface area (Å²) < 4.78 is 2.05. The number of nitrogens with one attached hydrogen (secondary N) is 1. The molecule has 0 aliphatic carbocycles.